The van der Waals surface area contributed by atoms with E-state index in [1.54, 1.807) is 0 Å². The maximum absolute atomic E-state index is 5.95. The van der Waals surface area contributed by atoms with E-state index in [9.17, 15) is 0 Å². The van der Waals surface area contributed by atoms with Gasteiger partial charge in [0.1, 0.15) is 11.4 Å². The highest BCUT2D eigenvalue weighted by atomic mass is 16.5. The van der Waals surface area contributed by atoms with E-state index in [4.69, 9.17) is 10.5 Å². The number of rotatable bonds is 1. The lowest BCUT2D eigenvalue weighted by atomic mass is 9.93. The monoisotopic (exact) mass is 205 g/mol. The molecule has 0 saturated heterocycles. The fourth-order valence-corrected chi connectivity index (χ4v) is 1.94. The molecule has 1 aromatic rings. The Hall–Kier alpha value is -1.02. The van der Waals surface area contributed by atoms with Crippen molar-refractivity contribution in [3.63, 3.8) is 0 Å². The molecule has 1 heterocycles. The van der Waals surface area contributed by atoms with Crippen molar-refractivity contribution in [2.45, 2.75) is 45.3 Å². The summed E-state index contributed by atoms with van der Waals surface area (Å²) in [6.07, 6.45) is 2.18. The van der Waals surface area contributed by atoms with Crippen molar-refractivity contribution in [2.75, 3.05) is 0 Å². The lowest BCUT2D eigenvalue weighted by Crippen LogP contribution is -2.32. The number of ether oxygens (including phenoxy) is 1. The Morgan fingerprint density at radius 1 is 1.40 bits per heavy atom. The normalized spacial score (nSPS) is 20.3. The first-order chi connectivity index (χ1) is 6.98. The third kappa shape index (κ3) is 2.15. The van der Waals surface area contributed by atoms with Crippen LogP contribution in [0.3, 0.4) is 0 Å². The second-order valence-electron chi connectivity index (χ2n) is 5.02. The van der Waals surface area contributed by atoms with E-state index in [-0.39, 0.29) is 11.6 Å². The summed E-state index contributed by atoms with van der Waals surface area (Å²) in [5, 5.41) is 0. The van der Waals surface area contributed by atoms with Crippen molar-refractivity contribution in [2.24, 2.45) is 5.73 Å². The molecule has 1 aliphatic rings. The lowest BCUT2D eigenvalue weighted by Gasteiger charge is -2.33. The Kier molecular flexibility index (Phi) is 2.47. The van der Waals surface area contributed by atoms with Crippen LogP contribution in [0.4, 0.5) is 0 Å². The predicted molar refractivity (Wildman–Crippen MR) is 62.1 cm³/mol. The summed E-state index contributed by atoms with van der Waals surface area (Å²) in [6.45, 7) is 6.26. The van der Waals surface area contributed by atoms with E-state index in [1.807, 2.05) is 6.92 Å². The van der Waals surface area contributed by atoms with Gasteiger partial charge in [-0.15, -0.1) is 0 Å². The first-order valence-corrected chi connectivity index (χ1v) is 5.55. The molecule has 0 aromatic heterocycles. The van der Waals surface area contributed by atoms with Gasteiger partial charge in [-0.2, -0.15) is 0 Å². The van der Waals surface area contributed by atoms with E-state index in [2.05, 4.69) is 32.0 Å². The highest BCUT2D eigenvalue weighted by Crippen LogP contribution is 2.34. The van der Waals surface area contributed by atoms with Crippen LogP contribution in [0.2, 0.25) is 0 Å². The zero-order valence-electron chi connectivity index (χ0n) is 9.71. The highest BCUT2D eigenvalue weighted by molar-refractivity contribution is 5.40. The minimum Gasteiger partial charge on any atom is -0.488 e. The molecule has 82 valence electrons. The molecule has 15 heavy (non-hydrogen) atoms. The van der Waals surface area contributed by atoms with E-state index >= 15 is 0 Å². The van der Waals surface area contributed by atoms with Gasteiger partial charge in [-0.3, -0.25) is 0 Å². The van der Waals surface area contributed by atoms with Crippen LogP contribution in [0.1, 0.15) is 44.4 Å². The number of aryl methyl sites for hydroxylation is 1. The van der Waals surface area contributed by atoms with E-state index in [0.29, 0.717) is 0 Å². The van der Waals surface area contributed by atoms with Gasteiger partial charge < -0.3 is 10.5 Å². The number of fused-ring (bicyclic) bond motifs is 1. The molecule has 2 rings (SSSR count). The topological polar surface area (TPSA) is 35.2 Å². The second-order valence-corrected chi connectivity index (χ2v) is 5.02. The Morgan fingerprint density at radius 2 is 2.13 bits per heavy atom. The van der Waals surface area contributed by atoms with Gasteiger partial charge in [-0.25, -0.2) is 0 Å². The minimum absolute atomic E-state index is 0.0382. The second kappa shape index (κ2) is 3.53. The summed E-state index contributed by atoms with van der Waals surface area (Å²) >= 11 is 0. The summed E-state index contributed by atoms with van der Waals surface area (Å²) in [4.78, 5) is 0. The average molecular weight is 205 g/mol. The largest absolute Gasteiger partial charge is 0.488 e. The van der Waals surface area contributed by atoms with Crippen molar-refractivity contribution in [3.8, 4) is 5.75 Å². The molecule has 1 atom stereocenters. The number of benzene rings is 1. The molecule has 2 heteroatoms. The highest BCUT2D eigenvalue weighted by Gasteiger charge is 2.26. The van der Waals surface area contributed by atoms with Gasteiger partial charge in [-0.05, 0) is 50.8 Å². The Balaban J connectivity index is 2.35. The molecule has 0 radical (unpaired) electrons. The van der Waals surface area contributed by atoms with Gasteiger partial charge in [0.05, 0.1) is 0 Å². The Morgan fingerprint density at radius 3 is 2.80 bits per heavy atom. The summed E-state index contributed by atoms with van der Waals surface area (Å²) in [5.74, 6) is 1.01. The van der Waals surface area contributed by atoms with Gasteiger partial charge in [0.2, 0.25) is 0 Å². The molecule has 0 saturated carbocycles. The van der Waals surface area contributed by atoms with Crippen LogP contribution in [0.15, 0.2) is 18.2 Å². The SMILES string of the molecule is CC(N)c1ccc2c(c1)OC(C)(C)CC2. The van der Waals surface area contributed by atoms with Gasteiger partial charge in [0, 0.05) is 6.04 Å². The Labute approximate surface area is 91.4 Å². The maximum Gasteiger partial charge on any atom is 0.123 e. The molecule has 1 aliphatic heterocycles. The van der Waals surface area contributed by atoms with Crippen LogP contribution in [-0.2, 0) is 6.42 Å². The molecular formula is C13H19NO. The van der Waals surface area contributed by atoms with E-state index < -0.39 is 0 Å². The molecule has 2 nitrogen and oxygen atoms in total. The van der Waals surface area contributed by atoms with Crippen molar-refractivity contribution >= 4 is 0 Å². The first kappa shape index (κ1) is 10.5. The molecular weight excluding hydrogens is 186 g/mol. The number of hydrogen-bond acceptors (Lipinski definition) is 2. The van der Waals surface area contributed by atoms with Crippen LogP contribution in [0, 0.1) is 0 Å². The molecule has 0 spiro atoms. The molecule has 0 fully saturated rings. The van der Waals surface area contributed by atoms with Crippen molar-refractivity contribution < 1.29 is 4.74 Å². The van der Waals surface area contributed by atoms with E-state index in [1.165, 1.54) is 5.56 Å². The summed E-state index contributed by atoms with van der Waals surface area (Å²) < 4.78 is 5.95. The zero-order valence-corrected chi connectivity index (χ0v) is 9.71. The van der Waals surface area contributed by atoms with Gasteiger partial charge in [0.25, 0.3) is 0 Å². The predicted octanol–water partition coefficient (Wildman–Crippen LogP) is 2.81. The number of nitrogens with two attached hydrogens (primary N) is 1. The third-order valence-electron chi connectivity index (χ3n) is 3.00. The quantitative estimate of drug-likeness (QED) is 0.765. The molecule has 1 aromatic carbocycles. The van der Waals surface area contributed by atoms with Crippen molar-refractivity contribution in [1.29, 1.82) is 0 Å². The summed E-state index contributed by atoms with van der Waals surface area (Å²) in [5.41, 5.74) is 8.27. The smallest absolute Gasteiger partial charge is 0.123 e. The zero-order chi connectivity index (χ0) is 11.1. The van der Waals surface area contributed by atoms with Crippen molar-refractivity contribution in [3.05, 3.63) is 29.3 Å². The molecule has 0 amide bonds. The van der Waals surface area contributed by atoms with Crippen LogP contribution in [-0.4, -0.2) is 5.60 Å². The van der Waals surface area contributed by atoms with Crippen LogP contribution < -0.4 is 10.5 Å². The first-order valence-electron chi connectivity index (χ1n) is 5.55. The molecule has 1 unspecified atom stereocenters. The van der Waals surface area contributed by atoms with Gasteiger partial charge >= 0.3 is 0 Å². The third-order valence-corrected chi connectivity index (χ3v) is 3.00. The average Bonchev–Trinajstić information content (AvgIpc) is 2.15. The Bertz CT molecular complexity index is 369. The molecule has 2 N–H and O–H groups in total. The number of hydrogen-bond donors (Lipinski definition) is 1. The van der Waals surface area contributed by atoms with Crippen LogP contribution >= 0.6 is 0 Å². The van der Waals surface area contributed by atoms with Crippen LogP contribution in [0.25, 0.3) is 0 Å². The van der Waals surface area contributed by atoms with E-state index in [0.717, 1.165) is 24.2 Å². The summed E-state index contributed by atoms with van der Waals surface area (Å²) in [7, 11) is 0. The fraction of sp³-hybridized carbons (Fsp3) is 0.538. The van der Waals surface area contributed by atoms with Crippen molar-refractivity contribution in [1.82, 2.24) is 0 Å². The molecule has 0 aliphatic carbocycles. The fourth-order valence-electron chi connectivity index (χ4n) is 1.94. The maximum atomic E-state index is 5.95. The minimum atomic E-state index is -0.0382. The van der Waals surface area contributed by atoms with Crippen LogP contribution in [0.5, 0.6) is 5.75 Å². The van der Waals surface area contributed by atoms with Gasteiger partial charge in [-0.1, -0.05) is 12.1 Å². The molecule has 0 bridgehead atoms. The van der Waals surface area contributed by atoms with Gasteiger partial charge in [0.15, 0.2) is 0 Å². The summed E-state index contributed by atoms with van der Waals surface area (Å²) in [6, 6.07) is 6.40. The standard InChI is InChI=1S/C13H19NO/c1-9(14)11-5-4-10-6-7-13(2,3)15-12(10)8-11/h4-5,8-9H,6-7,14H2,1-3H3. The lowest BCUT2D eigenvalue weighted by molar-refractivity contribution is 0.0845.